The number of carbonyl (C=O) groups excluding carboxylic acids is 1. The van der Waals surface area contributed by atoms with Crippen LogP contribution in [-0.2, 0) is 9.53 Å². The number of fused-ring (bicyclic) bond motifs is 1. The highest BCUT2D eigenvalue weighted by Gasteiger charge is 2.31. The Labute approximate surface area is 116 Å². The molecule has 0 saturated carbocycles. The van der Waals surface area contributed by atoms with Gasteiger partial charge >= 0.3 is 0 Å². The molecule has 0 aliphatic carbocycles. The Morgan fingerprint density at radius 1 is 1.26 bits per heavy atom. The molecule has 4 heteroatoms. The van der Waals surface area contributed by atoms with E-state index in [0.717, 1.165) is 57.5 Å². The Morgan fingerprint density at radius 2 is 1.89 bits per heavy atom. The van der Waals surface area contributed by atoms with Crippen LogP contribution in [0.5, 0.6) is 0 Å². The van der Waals surface area contributed by atoms with Crippen molar-refractivity contribution >= 4 is 5.91 Å². The topological polar surface area (TPSA) is 41.6 Å². The number of hydrogen-bond acceptors (Lipinski definition) is 3. The van der Waals surface area contributed by atoms with Gasteiger partial charge in [0.2, 0.25) is 5.91 Å². The highest BCUT2D eigenvalue weighted by atomic mass is 16.5. The van der Waals surface area contributed by atoms with Gasteiger partial charge in [-0.05, 0) is 43.7 Å². The number of ether oxygens (including phenoxy) is 1. The van der Waals surface area contributed by atoms with Crippen molar-refractivity contribution in [3.63, 3.8) is 0 Å². The van der Waals surface area contributed by atoms with Gasteiger partial charge in [-0.25, -0.2) is 0 Å². The maximum atomic E-state index is 12.1. The first-order valence-electron chi connectivity index (χ1n) is 7.73. The summed E-state index contributed by atoms with van der Waals surface area (Å²) in [6.45, 7) is 9.74. The lowest BCUT2D eigenvalue weighted by atomic mass is 9.92. The van der Waals surface area contributed by atoms with Crippen molar-refractivity contribution in [2.75, 3.05) is 39.4 Å². The van der Waals surface area contributed by atoms with E-state index in [2.05, 4.69) is 24.1 Å². The monoisotopic (exact) mass is 268 g/mol. The number of amides is 1. The normalized spacial score (nSPS) is 27.4. The van der Waals surface area contributed by atoms with Crippen LogP contribution < -0.4 is 5.32 Å². The summed E-state index contributed by atoms with van der Waals surface area (Å²) in [5, 5.41) is 3.47. The van der Waals surface area contributed by atoms with Crippen LogP contribution in [0.4, 0.5) is 0 Å². The second-order valence-electron chi connectivity index (χ2n) is 6.36. The van der Waals surface area contributed by atoms with Crippen molar-refractivity contribution in [3.8, 4) is 0 Å². The van der Waals surface area contributed by atoms with Gasteiger partial charge in [-0.3, -0.25) is 4.79 Å². The second kappa shape index (κ2) is 7.25. The highest BCUT2D eigenvalue weighted by Crippen LogP contribution is 2.27. The maximum Gasteiger partial charge on any atom is 0.224 e. The van der Waals surface area contributed by atoms with E-state index >= 15 is 0 Å². The third-order valence-corrected chi connectivity index (χ3v) is 4.28. The van der Waals surface area contributed by atoms with E-state index < -0.39 is 0 Å². The molecule has 0 aromatic carbocycles. The van der Waals surface area contributed by atoms with Gasteiger partial charge in [0.15, 0.2) is 0 Å². The first-order chi connectivity index (χ1) is 9.16. The molecule has 110 valence electrons. The minimum absolute atomic E-state index is 0.275. The molecular formula is C15H28N2O2. The Morgan fingerprint density at radius 3 is 2.47 bits per heavy atom. The molecule has 2 aliphatic rings. The fourth-order valence-electron chi connectivity index (χ4n) is 3.10. The smallest absolute Gasteiger partial charge is 0.224 e. The Bertz CT molecular complexity index is 280. The molecule has 0 bridgehead atoms. The molecule has 2 saturated heterocycles. The lowest BCUT2D eigenvalue weighted by molar-refractivity contribution is -0.132. The summed E-state index contributed by atoms with van der Waals surface area (Å²) in [4.78, 5) is 14.2. The number of carbonyl (C=O) groups is 1. The van der Waals surface area contributed by atoms with Crippen LogP contribution in [0.15, 0.2) is 0 Å². The summed E-state index contributed by atoms with van der Waals surface area (Å²) < 4.78 is 5.50. The van der Waals surface area contributed by atoms with Crippen molar-refractivity contribution in [2.45, 2.75) is 33.1 Å². The number of nitrogens with zero attached hydrogens (tertiary/aromatic N) is 1. The number of hydrogen-bond donors (Lipinski definition) is 1. The Hall–Kier alpha value is -0.610. The first-order valence-corrected chi connectivity index (χ1v) is 7.73. The van der Waals surface area contributed by atoms with Crippen LogP contribution in [0.2, 0.25) is 0 Å². The van der Waals surface area contributed by atoms with Gasteiger partial charge in [0, 0.05) is 19.7 Å². The van der Waals surface area contributed by atoms with Crippen LogP contribution in [0.3, 0.4) is 0 Å². The van der Waals surface area contributed by atoms with E-state index in [1.165, 1.54) is 0 Å². The largest absolute Gasteiger partial charge is 0.381 e. The molecule has 0 aromatic rings. The average molecular weight is 268 g/mol. The van der Waals surface area contributed by atoms with Gasteiger partial charge in [-0.15, -0.1) is 0 Å². The fourth-order valence-corrected chi connectivity index (χ4v) is 3.10. The molecule has 2 rings (SSSR count). The quantitative estimate of drug-likeness (QED) is 0.769. The Kier molecular flexibility index (Phi) is 5.64. The molecule has 0 spiro atoms. The molecule has 2 aliphatic heterocycles. The van der Waals surface area contributed by atoms with E-state index in [9.17, 15) is 4.79 Å². The predicted octanol–water partition coefficient (Wildman–Crippen LogP) is 1.51. The zero-order valence-corrected chi connectivity index (χ0v) is 12.4. The molecule has 0 radical (unpaired) electrons. The van der Waals surface area contributed by atoms with Gasteiger partial charge in [0.05, 0.1) is 13.0 Å². The standard InChI is InChI=1S/C15H28N2O2/c1-12(2)11-19-8-5-15(18)17-6-3-13-9-16-10-14(13)4-7-17/h12-14,16H,3-11H2,1-2H3/t13-,14+. The van der Waals surface area contributed by atoms with E-state index in [0.29, 0.717) is 18.9 Å². The Balaban J connectivity index is 1.68. The lowest BCUT2D eigenvalue weighted by Gasteiger charge is -2.21. The predicted molar refractivity (Wildman–Crippen MR) is 75.9 cm³/mol. The molecule has 2 atom stereocenters. The zero-order valence-electron chi connectivity index (χ0n) is 12.4. The van der Waals surface area contributed by atoms with Crippen molar-refractivity contribution in [1.29, 1.82) is 0 Å². The van der Waals surface area contributed by atoms with Gasteiger partial charge < -0.3 is 15.0 Å². The molecule has 1 amide bonds. The minimum Gasteiger partial charge on any atom is -0.381 e. The van der Waals surface area contributed by atoms with Crippen LogP contribution in [0.25, 0.3) is 0 Å². The first kappa shape index (κ1) is 14.8. The van der Waals surface area contributed by atoms with Crippen LogP contribution in [0, 0.1) is 17.8 Å². The summed E-state index contributed by atoms with van der Waals surface area (Å²) in [6, 6.07) is 0. The maximum absolute atomic E-state index is 12.1. The lowest BCUT2D eigenvalue weighted by Crippen LogP contribution is -2.33. The van der Waals surface area contributed by atoms with Crippen molar-refractivity contribution in [2.24, 2.45) is 17.8 Å². The van der Waals surface area contributed by atoms with Gasteiger partial charge in [-0.2, -0.15) is 0 Å². The summed E-state index contributed by atoms with van der Waals surface area (Å²) in [5.74, 6) is 2.39. The van der Waals surface area contributed by atoms with E-state index in [-0.39, 0.29) is 5.91 Å². The van der Waals surface area contributed by atoms with Crippen LogP contribution in [-0.4, -0.2) is 50.2 Å². The third-order valence-electron chi connectivity index (χ3n) is 4.28. The number of rotatable bonds is 5. The molecule has 2 fully saturated rings. The molecule has 0 aromatic heterocycles. The zero-order chi connectivity index (χ0) is 13.7. The second-order valence-corrected chi connectivity index (χ2v) is 6.36. The third kappa shape index (κ3) is 4.46. The average Bonchev–Trinajstić information content (AvgIpc) is 2.73. The van der Waals surface area contributed by atoms with Gasteiger partial charge in [0.25, 0.3) is 0 Å². The summed E-state index contributed by atoms with van der Waals surface area (Å²) >= 11 is 0. The van der Waals surface area contributed by atoms with E-state index in [1.807, 2.05) is 0 Å². The molecule has 2 heterocycles. The van der Waals surface area contributed by atoms with Crippen molar-refractivity contribution in [1.82, 2.24) is 10.2 Å². The van der Waals surface area contributed by atoms with Crippen molar-refractivity contribution in [3.05, 3.63) is 0 Å². The number of nitrogens with one attached hydrogen (secondary N) is 1. The number of likely N-dealkylation sites (tertiary alicyclic amines) is 1. The van der Waals surface area contributed by atoms with E-state index in [1.54, 1.807) is 0 Å². The van der Waals surface area contributed by atoms with Crippen LogP contribution in [0.1, 0.15) is 33.1 Å². The SMILES string of the molecule is CC(C)COCCC(=O)N1CC[C@@H]2CNC[C@@H]2CC1. The van der Waals surface area contributed by atoms with Gasteiger partial charge in [-0.1, -0.05) is 13.8 Å². The minimum atomic E-state index is 0.275. The molecule has 19 heavy (non-hydrogen) atoms. The fraction of sp³-hybridized carbons (Fsp3) is 0.933. The molecular weight excluding hydrogens is 240 g/mol. The molecule has 0 unspecified atom stereocenters. The summed E-state index contributed by atoms with van der Waals surface area (Å²) in [7, 11) is 0. The van der Waals surface area contributed by atoms with E-state index in [4.69, 9.17) is 4.74 Å². The highest BCUT2D eigenvalue weighted by molar-refractivity contribution is 5.76. The van der Waals surface area contributed by atoms with Crippen LogP contribution >= 0.6 is 0 Å². The summed E-state index contributed by atoms with van der Waals surface area (Å²) in [6.07, 6.45) is 2.87. The summed E-state index contributed by atoms with van der Waals surface area (Å²) in [5.41, 5.74) is 0. The molecule has 4 nitrogen and oxygen atoms in total. The molecule has 1 N–H and O–H groups in total. The van der Waals surface area contributed by atoms with Gasteiger partial charge in [0.1, 0.15) is 0 Å². The van der Waals surface area contributed by atoms with Crippen molar-refractivity contribution < 1.29 is 9.53 Å².